The first kappa shape index (κ1) is 28.5. The number of thioether (sulfide) groups is 1. The fourth-order valence-electron chi connectivity index (χ4n) is 3.37. The van der Waals surface area contributed by atoms with Gasteiger partial charge in [0, 0.05) is 13.1 Å². The maximum Gasteiger partial charge on any atom is 0.326 e. The molecular weight excluding hydrogens is 454 g/mol. The third-order valence-corrected chi connectivity index (χ3v) is 5.81. The smallest absolute Gasteiger partial charge is 0.326 e. The molecule has 14 heteroatoms. The third-order valence-electron chi connectivity index (χ3n) is 5.17. The van der Waals surface area contributed by atoms with Gasteiger partial charge in [-0.05, 0) is 44.1 Å². The summed E-state index contributed by atoms with van der Waals surface area (Å²) < 4.78 is 0. The Balaban J connectivity index is 2.87. The molecule has 4 unspecified atom stereocenters. The van der Waals surface area contributed by atoms with Gasteiger partial charge in [0.05, 0.1) is 12.6 Å². The van der Waals surface area contributed by atoms with Crippen molar-refractivity contribution in [1.82, 2.24) is 15.5 Å². The van der Waals surface area contributed by atoms with E-state index in [-0.39, 0.29) is 25.5 Å². The van der Waals surface area contributed by atoms with Crippen LogP contribution in [0, 0.1) is 0 Å². The van der Waals surface area contributed by atoms with E-state index < -0.39 is 54.5 Å². The van der Waals surface area contributed by atoms with Gasteiger partial charge in [-0.25, -0.2) is 4.79 Å². The van der Waals surface area contributed by atoms with Crippen molar-refractivity contribution in [1.29, 1.82) is 0 Å². The minimum absolute atomic E-state index is 0.108. The number of hydrogen-bond donors (Lipinski definition) is 7. The molecule has 0 aliphatic carbocycles. The number of carboxylic acids is 1. The molecule has 0 aromatic rings. The van der Waals surface area contributed by atoms with E-state index in [2.05, 4.69) is 15.6 Å². The van der Waals surface area contributed by atoms with Gasteiger partial charge < -0.3 is 42.9 Å². The van der Waals surface area contributed by atoms with Gasteiger partial charge in [-0.3, -0.25) is 19.4 Å². The molecule has 188 valence electrons. The van der Waals surface area contributed by atoms with E-state index in [1.54, 1.807) is 0 Å². The molecule has 13 nitrogen and oxygen atoms in total. The number of aliphatic hydroxyl groups is 1. The second-order valence-corrected chi connectivity index (χ2v) is 8.66. The van der Waals surface area contributed by atoms with Crippen molar-refractivity contribution in [3.8, 4) is 0 Å². The lowest BCUT2D eigenvalue weighted by molar-refractivity contribution is -0.150. The SMILES string of the molecule is CSCCC(N)C(=O)NC(CCCN=C(N)N)C(=O)NC(CO)C(=O)N1CCCC1C(=O)O. The van der Waals surface area contributed by atoms with Crippen molar-refractivity contribution in [3.05, 3.63) is 0 Å². The second-order valence-electron chi connectivity index (χ2n) is 7.67. The lowest BCUT2D eigenvalue weighted by Crippen LogP contribution is -2.58. The number of hydrogen-bond acceptors (Lipinski definition) is 8. The number of nitrogens with zero attached hydrogens (tertiary/aromatic N) is 2. The number of aliphatic hydroxyl groups excluding tert-OH is 1. The lowest BCUT2D eigenvalue weighted by atomic mass is 10.1. The average molecular weight is 490 g/mol. The number of guanidine groups is 1. The van der Waals surface area contributed by atoms with Crippen LogP contribution >= 0.6 is 11.8 Å². The van der Waals surface area contributed by atoms with E-state index >= 15 is 0 Å². The van der Waals surface area contributed by atoms with E-state index in [1.807, 2.05) is 6.26 Å². The zero-order valence-corrected chi connectivity index (χ0v) is 19.6. The summed E-state index contributed by atoms with van der Waals surface area (Å²) in [6.07, 6.45) is 3.60. The molecule has 4 atom stereocenters. The molecule has 1 fully saturated rings. The molecule has 0 radical (unpaired) electrons. The van der Waals surface area contributed by atoms with Crippen LogP contribution in [-0.4, -0.2) is 101 Å². The number of nitrogens with one attached hydrogen (secondary N) is 2. The topological polar surface area (TPSA) is 226 Å². The highest BCUT2D eigenvalue weighted by molar-refractivity contribution is 7.98. The van der Waals surface area contributed by atoms with E-state index in [0.717, 1.165) is 4.90 Å². The molecular formula is C19H35N7O6S. The summed E-state index contributed by atoms with van der Waals surface area (Å²) in [5, 5.41) is 24.0. The summed E-state index contributed by atoms with van der Waals surface area (Å²) >= 11 is 1.53. The Kier molecular flexibility index (Phi) is 12.5. The summed E-state index contributed by atoms with van der Waals surface area (Å²) in [6, 6.07) is -4.22. The summed E-state index contributed by atoms with van der Waals surface area (Å²) in [6.45, 7) is -0.294. The van der Waals surface area contributed by atoms with Crippen molar-refractivity contribution >= 4 is 41.4 Å². The number of amides is 3. The first-order chi connectivity index (χ1) is 15.6. The maximum atomic E-state index is 12.9. The largest absolute Gasteiger partial charge is 0.480 e. The van der Waals surface area contributed by atoms with Crippen LogP contribution in [0.3, 0.4) is 0 Å². The van der Waals surface area contributed by atoms with Gasteiger partial charge in [0.25, 0.3) is 0 Å². The number of likely N-dealkylation sites (tertiary alicyclic amines) is 1. The van der Waals surface area contributed by atoms with Crippen molar-refractivity contribution in [2.75, 3.05) is 31.7 Å². The van der Waals surface area contributed by atoms with Crippen molar-refractivity contribution < 1.29 is 29.4 Å². The fourth-order valence-corrected chi connectivity index (χ4v) is 3.86. The highest BCUT2D eigenvalue weighted by Gasteiger charge is 2.38. The minimum Gasteiger partial charge on any atom is -0.480 e. The Labute approximate surface area is 196 Å². The summed E-state index contributed by atoms with van der Waals surface area (Å²) in [4.78, 5) is 54.4. The molecule has 3 amide bonds. The van der Waals surface area contributed by atoms with Crippen molar-refractivity contribution in [2.24, 2.45) is 22.2 Å². The van der Waals surface area contributed by atoms with Gasteiger partial charge in [-0.15, -0.1) is 0 Å². The van der Waals surface area contributed by atoms with Gasteiger partial charge in [0.2, 0.25) is 17.7 Å². The highest BCUT2D eigenvalue weighted by Crippen LogP contribution is 2.18. The Morgan fingerprint density at radius 3 is 2.39 bits per heavy atom. The second kappa shape index (κ2) is 14.5. The van der Waals surface area contributed by atoms with Gasteiger partial charge in [-0.2, -0.15) is 11.8 Å². The van der Waals surface area contributed by atoms with E-state index in [1.165, 1.54) is 11.8 Å². The van der Waals surface area contributed by atoms with Crippen molar-refractivity contribution in [2.45, 2.75) is 56.3 Å². The normalized spacial score (nSPS) is 18.2. The molecule has 0 saturated carbocycles. The molecule has 10 N–H and O–H groups in total. The van der Waals surface area contributed by atoms with Gasteiger partial charge in [0.15, 0.2) is 5.96 Å². The molecule has 0 aromatic heterocycles. The van der Waals surface area contributed by atoms with Gasteiger partial charge in [-0.1, -0.05) is 0 Å². The number of nitrogens with two attached hydrogens (primary N) is 3. The molecule has 1 rings (SSSR count). The molecule has 0 spiro atoms. The molecule has 1 aliphatic rings. The van der Waals surface area contributed by atoms with Crippen LogP contribution < -0.4 is 27.8 Å². The van der Waals surface area contributed by atoms with Crippen LogP contribution in [0.15, 0.2) is 4.99 Å². The van der Waals surface area contributed by atoms with Gasteiger partial charge >= 0.3 is 5.97 Å². The van der Waals surface area contributed by atoms with E-state index in [9.17, 15) is 29.4 Å². The molecule has 0 bridgehead atoms. The number of aliphatic imine (C=N–C) groups is 1. The predicted octanol–water partition coefficient (Wildman–Crippen LogP) is -2.84. The third kappa shape index (κ3) is 9.43. The van der Waals surface area contributed by atoms with Crippen LogP contribution in [-0.2, 0) is 19.2 Å². The summed E-state index contributed by atoms with van der Waals surface area (Å²) in [5.74, 6) is -2.51. The number of carbonyl (C=O) groups is 4. The Bertz CT molecular complexity index is 719. The fraction of sp³-hybridized carbons (Fsp3) is 0.737. The molecule has 1 aliphatic heterocycles. The van der Waals surface area contributed by atoms with Crippen LogP contribution in [0.5, 0.6) is 0 Å². The van der Waals surface area contributed by atoms with Crippen LogP contribution in [0.25, 0.3) is 0 Å². The number of carboxylic acid groups (broad SMARTS) is 1. The quantitative estimate of drug-likeness (QED) is 0.0750. The van der Waals surface area contributed by atoms with Crippen LogP contribution in [0.1, 0.15) is 32.1 Å². The van der Waals surface area contributed by atoms with Crippen LogP contribution in [0.4, 0.5) is 0 Å². The zero-order chi connectivity index (χ0) is 25.0. The van der Waals surface area contributed by atoms with Gasteiger partial charge in [0.1, 0.15) is 18.1 Å². The number of carbonyl (C=O) groups excluding carboxylic acids is 3. The Morgan fingerprint density at radius 1 is 1.15 bits per heavy atom. The average Bonchev–Trinajstić information content (AvgIpc) is 3.27. The minimum atomic E-state index is -1.35. The maximum absolute atomic E-state index is 12.9. The lowest BCUT2D eigenvalue weighted by Gasteiger charge is -2.28. The van der Waals surface area contributed by atoms with E-state index in [4.69, 9.17) is 17.2 Å². The monoisotopic (exact) mass is 489 g/mol. The predicted molar refractivity (Wildman–Crippen MR) is 124 cm³/mol. The van der Waals surface area contributed by atoms with E-state index in [0.29, 0.717) is 31.4 Å². The molecule has 1 saturated heterocycles. The Morgan fingerprint density at radius 2 is 1.82 bits per heavy atom. The molecule has 33 heavy (non-hydrogen) atoms. The highest BCUT2D eigenvalue weighted by atomic mass is 32.2. The Hall–Kier alpha value is -2.58. The first-order valence-electron chi connectivity index (χ1n) is 10.7. The van der Waals surface area contributed by atoms with Crippen molar-refractivity contribution in [3.63, 3.8) is 0 Å². The first-order valence-corrected chi connectivity index (χ1v) is 12.1. The summed E-state index contributed by atoms with van der Waals surface area (Å²) in [7, 11) is 0. The summed E-state index contributed by atoms with van der Waals surface area (Å²) in [5.41, 5.74) is 16.5. The standard InChI is InChI=1S/C19H35N7O6S/c1-33-9-6-11(20)15(28)24-12(4-2-7-23-19(21)22)16(29)25-13(10-27)17(30)26-8-3-5-14(26)18(31)32/h11-14,27H,2-10,20H2,1H3,(H,24,28)(H,25,29)(H,31,32)(H4,21,22,23). The molecule has 1 heterocycles. The molecule has 0 aromatic carbocycles. The van der Waals surface area contributed by atoms with Crippen LogP contribution in [0.2, 0.25) is 0 Å². The number of rotatable bonds is 14. The zero-order valence-electron chi connectivity index (χ0n) is 18.7. The number of aliphatic carboxylic acids is 1.